The lowest BCUT2D eigenvalue weighted by Crippen LogP contribution is -1.96. The molecule has 0 atom stereocenters. The molecule has 0 aliphatic carbocycles. The molecule has 9 aromatic rings. The van der Waals surface area contributed by atoms with Crippen molar-refractivity contribution in [3.8, 4) is 28.4 Å². The number of aromatic nitrogens is 5. The van der Waals surface area contributed by atoms with Gasteiger partial charge in [0.2, 0.25) is 0 Å². The van der Waals surface area contributed by atoms with Crippen LogP contribution in [0.4, 0.5) is 0 Å². The Morgan fingerprint density at radius 2 is 1.43 bits per heavy atom. The molecule has 0 saturated carbocycles. The molecule has 198 valence electrons. The molecular formula is C35H21N5OS. The Morgan fingerprint density at radius 1 is 0.571 bits per heavy atom. The Balaban J connectivity index is 1.05. The van der Waals surface area contributed by atoms with Crippen molar-refractivity contribution in [1.82, 2.24) is 24.1 Å². The summed E-state index contributed by atoms with van der Waals surface area (Å²) >= 11 is 1.82. The second-order valence-corrected chi connectivity index (χ2v) is 11.3. The summed E-state index contributed by atoms with van der Waals surface area (Å²) in [5.74, 6) is 1.47. The van der Waals surface area contributed by atoms with E-state index >= 15 is 0 Å². The predicted molar refractivity (Wildman–Crippen MR) is 170 cm³/mol. The van der Waals surface area contributed by atoms with Crippen LogP contribution in [0.3, 0.4) is 0 Å². The number of fused-ring (bicyclic) bond motifs is 9. The van der Waals surface area contributed by atoms with Crippen molar-refractivity contribution in [2.45, 2.75) is 0 Å². The van der Waals surface area contributed by atoms with Gasteiger partial charge in [-0.1, -0.05) is 30.3 Å². The highest BCUT2D eigenvalue weighted by molar-refractivity contribution is 7.25. The normalized spacial score (nSPS) is 11.8. The van der Waals surface area contributed by atoms with Gasteiger partial charge in [0.15, 0.2) is 0 Å². The highest BCUT2D eigenvalue weighted by Crippen LogP contribution is 2.36. The van der Waals surface area contributed by atoms with Gasteiger partial charge in [0, 0.05) is 67.4 Å². The van der Waals surface area contributed by atoms with Gasteiger partial charge >= 0.3 is 0 Å². The van der Waals surface area contributed by atoms with Crippen LogP contribution in [-0.2, 0) is 0 Å². The third kappa shape index (κ3) is 3.61. The smallest absolute Gasteiger partial charge is 0.146 e. The van der Waals surface area contributed by atoms with Gasteiger partial charge in [0.05, 0.1) is 11.4 Å². The summed E-state index contributed by atoms with van der Waals surface area (Å²) in [6.45, 7) is 0. The Bertz CT molecular complexity index is 2470. The van der Waals surface area contributed by atoms with Crippen LogP contribution in [0.2, 0.25) is 0 Å². The van der Waals surface area contributed by atoms with Crippen LogP contribution >= 0.6 is 11.3 Å². The van der Waals surface area contributed by atoms with E-state index in [9.17, 15) is 0 Å². The van der Waals surface area contributed by atoms with Crippen molar-refractivity contribution in [1.29, 1.82) is 0 Å². The fourth-order valence-corrected chi connectivity index (χ4v) is 6.90. The first-order valence-electron chi connectivity index (χ1n) is 13.7. The van der Waals surface area contributed by atoms with Crippen molar-refractivity contribution in [3.05, 3.63) is 128 Å². The lowest BCUT2D eigenvalue weighted by atomic mass is 10.1. The van der Waals surface area contributed by atoms with Crippen LogP contribution in [-0.4, -0.2) is 24.1 Å². The molecule has 0 N–H and O–H groups in total. The second-order valence-electron chi connectivity index (χ2n) is 10.3. The molecule has 0 aliphatic rings. The molecule has 0 amide bonds. The summed E-state index contributed by atoms with van der Waals surface area (Å²) in [4.78, 5) is 9.20. The number of hydrogen-bond acceptors (Lipinski definition) is 5. The van der Waals surface area contributed by atoms with Crippen molar-refractivity contribution in [2.75, 3.05) is 0 Å². The second kappa shape index (κ2) is 8.99. The van der Waals surface area contributed by atoms with Crippen LogP contribution in [0.1, 0.15) is 0 Å². The predicted octanol–water partition coefficient (Wildman–Crippen LogP) is 9.05. The molecule has 5 heterocycles. The molecule has 0 aliphatic heterocycles. The van der Waals surface area contributed by atoms with Crippen LogP contribution in [0.15, 0.2) is 128 Å². The molecule has 0 unspecified atom stereocenters. The average molecular weight is 560 g/mol. The molecule has 4 aromatic carbocycles. The average Bonchev–Trinajstić information content (AvgIpc) is 3.80. The Hall–Kier alpha value is -5.53. The minimum Gasteiger partial charge on any atom is -0.457 e. The van der Waals surface area contributed by atoms with E-state index < -0.39 is 0 Å². The number of ether oxygens (including phenoxy) is 1. The molecule has 0 spiro atoms. The summed E-state index contributed by atoms with van der Waals surface area (Å²) in [7, 11) is 0. The minimum absolute atomic E-state index is 0.733. The van der Waals surface area contributed by atoms with Crippen molar-refractivity contribution < 1.29 is 4.74 Å². The number of benzene rings is 4. The van der Waals surface area contributed by atoms with Crippen LogP contribution in [0.25, 0.3) is 64.6 Å². The van der Waals surface area contributed by atoms with Gasteiger partial charge in [0.25, 0.3) is 0 Å². The molecule has 6 nitrogen and oxygen atoms in total. The van der Waals surface area contributed by atoms with Gasteiger partial charge in [-0.05, 0) is 72.1 Å². The Labute approximate surface area is 243 Å². The number of rotatable bonds is 4. The first-order chi connectivity index (χ1) is 20.8. The summed E-state index contributed by atoms with van der Waals surface area (Å²) in [5, 5.41) is 10.7. The standard InChI is InChI=1S/C35H21N5OS/c1-2-9-32-27(7-1)29-19-22(10-13-33(29)42-32)31-14-17-40(38-31)23-5-3-6-24(20-23)41-25-11-12-26-28-8-4-15-36-34(28)39-18-16-37-35(39)30(26)21-25/h1-21H. The quantitative estimate of drug-likeness (QED) is 0.202. The molecule has 0 radical (unpaired) electrons. The van der Waals surface area contributed by atoms with Crippen molar-refractivity contribution in [3.63, 3.8) is 0 Å². The van der Waals surface area contributed by atoms with E-state index in [1.807, 2.05) is 81.5 Å². The van der Waals surface area contributed by atoms with Crippen LogP contribution < -0.4 is 4.74 Å². The Morgan fingerprint density at radius 3 is 2.43 bits per heavy atom. The largest absolute Gasteiger partial charge is 0.457 e. The zero-order valence-corrected chi connectivity index (χ0v) is 23.0. The molecule has 5 aromatic heterocycles. The summed E-state index contributed by atoms with van der Waals surface area (Å²) in [6.07, 6.45) is 7.55. The van der Waals surface area contributed by atoms with Crippen molar-refractivity contribution in [2.24, 2.45) is 0 Å². The van der Waals surface area contributed by atoms with Gasteiger partial charge in [-0.25, -0.2) is 14.6 Å². The fraction of sp³-hybridized carbons (Fsp3) is 0. The number of thiophene rings is 1. The fourth-order valence-electron chi connectivity index (χ4n) is 5.81. The van der Waals surface area contributed by atoms with Crippen molar-refractivity contribution >= 4 is 59.0 Å². The maximum atomic E-state index is 6.37. The SMILES string of the molecule is c1cc(Oc2ccc3c4cccnc4n4ccnc4c3c2)cc(-n2ccc(-c3ccc4sc5ccccc5c4c3)n2)c1. The van der Waals surface area contributed by atoms with Gasteiger partial charge in [-0.2, -0.15) is 5.10 Å². The molecule has 0 bridgehead atoms. The van der Waals surface area contributed by atoms with E-state index in [-0.39, 0.29) is 0 Å². The molecule has 0 fully saturated rings. The molecule has 42 heavy (non-hydrogen) atoms. The van der Waals surface area contributed by atoms with E-state index in [0.29, 0.717) is 0 Å². The number of pyridine rings is 2. The third-order valence-corrected chi connectivity index (χ3v) is 8.91. The zero-order valence-electron chi connectivity index (χ0n) is 22.2. The van der Waals surface area contributed by atoms with Gasteiger partial charge in [0.1, 0.15) is 22.8 Å². The summed E-state index contributed by atoms with van der Waals surface area (Å²) in [5.41, 5.74) is 4.70. The van der Waals surface area contributed by atoms with Gasteiger partial charge in [-0.15, -0.1) is 11.3 Å². The monoisotopic (exact) mass is 559 g/mol. The highest BCUT2D eigenvalue weighted by Gasteiger charge is 2.13. The minimum atomic E-state index is 0.733. The topological polar surface area (TPSA) is 57.2 Å². The molecular weight excluding hydrogens is 538 g/mol. The zero-order chi connectivity index (χ0) is 27.6. The van der Waals surface area contributed by atoms with E-state index in [1.165, 1.54) is 20.2 Å². The first-order valence-corrected chi connectivity index (χ1v) is 14.5. The van der Waals surface area contributed by atoms with E-state index in [4.69, 9.17) is 9.84 Å². The van der Waals surface area contributed by atoms with Gasteiger partial charge in [-0.3, -0.25) is 4.40 Å². The first kappa shape index (κ1) is 23.2. The maximum Gasteiger partial charge on any atom is 0.146 e. The molecule has 7 heteroatoms. The number of nitrogens with zero attached hydrogens (tertiary/aromatic N) is 5. The molecule has 9 rings (SSSR count). The highest BCUT2D eigenvalue weighted by atomic mass is 32.1. The number of hydrogen-bond donors (Lipinski definition) is 0. The Kier molecular flexibility index (Phi) is 4.97. The number of imidazole rings is 1. The molecule has 0 saturated heterocycles. The summed E-state index contributed by atoms with van der Waals surface area (Å²) < 4.78 is 12.9. The summed E-state index contributed by atoms with van der Waals surface area (Å²) in [6, 6.07) is 35.4. The lowest BCUT2D eigenvalue weighted by Gasteiger charge is -2.11. The van der Waals surface area contributed by atoms with E-state index in [0.717, 1.165) is 55.9 Å². The van der Waals surface area contributed by atoms with Crippen LogP contribution in [0.5, 0.6) is 11.5 Å². The lowest BCUT2D eigenvalue weighted by molar-refractivity contribution is 0.483. The van der Waals surface area contributed by atoms with Crippen LogP contribution in [0, 0.1) is 0 Å². The third-order valence-electron chi connectivity index (χ3n) is 7.76. The van der Waals surface area contributed by atoms with E-state index in [2.05, 4.69) is 70.6 Å². The van der Waals surface area contributed by atoms with E-state index in [1.54, 1.807) is 6.20 Å². The van der Waals surface area contributed by atoms with Gasteiger partial charge < -0.3 is 4.74 Å². The maximum absolute atomic E-state index is 6.37.